The molecule has 1 heterocycles. The summed E-state index contributed by atoms with van der Waals surface area (Å²) in [7, 11) is 2.19. The molecule has 3 heteroatoms. The predicted octanol–water partition coefficient (Wildman–Crippen LogP) is 1.90. The number of nitrogens with zero attached hydrogens (tertiary/aromatic N) is 1. The Hall–Kier alpha value is -0.380. The van der Waals surface area contributed by atoms with Crippen molar-refractivity contribution >= 4 is 15.9 Å². The molecule has 1 unspecified atom stereocenters. The van der Waals surface area contributed by atoms with Crippen LogP contribution in [0.15, 0.2) is 28.7 Å². The van der Waals surface area contributed by atoms with Crippen LogP contribution in [0.1, 0.15) is 5.56 Å². The third kappa shape index (κ3) is 3.30. The van der Waals surface area contributed by atoms with E-state index >= 15 is 0 Å². The van der Waals surface area contributed by atoms with Crippen molar-refractivity contribution in [2.75, 3.05) is 26.7 Å². The molecule has 1 saturated heterocycles. The quantitative estimate of drug-likeness (QED) is 0.882. The van der Waals surface area contributed by atoms with Gasteiger partial charge < -0.3 is 10.2 Å². The highest BCUT2D eigenvalue weighted by Gasteiger charge is 2.16. The van der Waals surface area contributed by atoms with Crippen LogP contribution >= 0.6 is 15.9 Å². The zero-order valence-electron chi connectivity index (χ0n) is 9.04. The first kappa shape index (κ1) is 11.1. The number of benzene rings is 1. The number of halogens is 1. The minimum atomic E-state index is 0.602. The second-order valence-corrected chi connectivity index (χ2v) is 5.16. The highest BCUT2D eigenvalue weighted by molar-refractivity contribution is 9.10. The summed E-state index contributed by atoms with van der Waals surface area (Å²) in [4.78, 5) is 2.39. The molecule has 0 radical (unpaired) electrons. The summed E-state index contributed by atoms with van der Waals surface area (Å²) in [6.07, 6.45) is 1.12. The maximum absolute atomic E-state index is 3.56. The first-order chi connectivity index (χ1) is 7.24. The summed E-state index contributed by atoms with van der Waals surface area (Å²) in [5.74, 6) is 0. The van der Waals surface area contributed by atoms with Crippen molar-refractivity contribution < 1.29 is 0 Å². The number of hydrogen-bond donors (Lipinski definition) is 1. The summed E-state index contributed by atoms with van der Waals surface area (Å²) < 4.78 is 1.15. The van der Waals surface area contributed by atoms with Crippen LogP contribution in [0.5, 0.6) is 0 Å². The second-order valence-electron chi connectivity index (χ2n) is 4.24. The van der Waals surface area contributed by atoms with Gasteiger partial charge in [0.25, 0.3) is 0 Å². The number of rotatable bonds is 2. The average Bonchev–Trinajstić information content (AvgIpc) is 2.22. The zero-order valence-corrected chi connectivity index (χ0v) is 10.6. The first-order valence-electron chi connectivity index (χ1n) is 5.40. The lowest BCUT2D eigenvalue weighted by Gasteiger charge is -2.31. The fraction of sp³-hybridized carbons (Fsp3) is 0.500. The van der Waals surface area contributed by atoms with Gasteiger partial charge in [0, 0.05) is 30.1 Å². The van der Waals surface area contributed by atoms with E-state index in [2.05, 4.69) is 57.5 Å². The molecule has 1 aromatic rings. The van der Waals surface area contributed by atoms with Crippen LogP contribution in [0.4, 0.5) is 0 Å². The number of piperazine rings is 1. The van der Waals surface area contributed by atoms with E-state index in [1.165, 1.54) is 5.56 Å². The Morgan fingerprint density at radius 2 is 2.13 bits per heavy atom. The van der Waals surface area contributed by atoms with Crippen molar-refractivity contribution in [3.05, 3.63) is 34.3 Å². The molecule has 1 aliphatic heterocycles. The smallest absolute Gasteiger partial charge is 0.0235 e. The first-order valence-corrected chi connectivity index (χ1v) is 6.20. The highest BCUT2D eigenvalue weighted by Crippen LogP contribution is 2.12. The van der Waals surface area contributed by atoms with E-state index in [1.54, 1.807) is 0 Å². The molecular weight excluding hydrogens is 252 g/mol. The summed E-state index contributed by atoms with van der Waals surface area (Å²) in [6.45, 7) is 3.42. The summed E-state index contributed by atoms with van der Waals surface area (Å²) in [5.41, 5.74) is 1.41. The Kier molecular flexibility index (Phi) is 3.78. The van der Waals surface area contributed by atoms with Gasteiger partial charge in [0.1, 0.15) is 0 Å². The van der Waals surface area contributed by atoms with Gasteiger partial charge >= 0.3 is 0 Å². The standard InChI is InChI=1S/C12H17BrN2/c1-15-7-6-14-12(9-15)8-10-2-4-11(13)5-3-10/h2-5,12,14H,6-9H2,1H3. The lowest BCUT2D eigenvalue weighted by Crippen LogP contribution is -2.49. The maximum atomic E-state index is 3.56. The average molecular weight is 269 g/mol. The third-order valence-electron chi connectivity index (χ3n) is 2.85. The number of likely N-dealkylation sites (N-methyl/N-ethyl adjacent to an activating group) is 1. The van der Waals surface area contributed by atoms with Crippen molar-refractivity contribution in [3.63, 3.8) is 0 Å². The van der Waals surface area contributed by atoms with Gasteiger partial charge in [-0.2, -0.15) is 0 Å². The highest BCUT2D eigenvalue weighted by atomic mass is 79.9. The lowest BCUT2D eigenvalue weighted by molar-refractivity contribution is 0.238. The van der Waals surface area contributed by atoms with Gasteiger partial charge in [-0.05, 0) is 31.2 Å². The van der Waals surface area contributed by atoms with Crippen LogP contribution in [0, 0.1) is 0 Å². The van der Waals surface area contributed by atoms with E-state index in [1.807, 2.05) is 0 Å². The Labute approximate surface area is 99.8 Å². The molecule has 15 heavy (non-hydrogen) atoms. The Morgan fingerprint density at radius 3 is 2.80 bits per heavy atom. The molecule has 0 saturated carbocycles. The summed E-state index contributed by atoms with van der Waals surface area (Å²) in [5, 5.41) is 3.56. The molecule has 2 nitrogen and oxygen atoms in total. The summed E-state index contributed by atoms with van der Waals surface area (Å²) in [6, 6.07) is 9.22. The van der Waals surface area contributed by atoms with E-state index in [4.69, 9.17) is 0 Å². The molecule has 0 aromatic heterocycles. The number of nitrogens with one attached hydrogen (secondary N) is 1. The van der Waals surface area contributed by atoms with Crippen molar-refractivity contribution in [1.29, 1.82) is 0 Å². The molecule has 1 atom stereocenters. The van der Waals surface area contributed by atoms with Crippen molar-refractivity contribution in [2.45, 2.75) is 12.5 Å². The molecule has 2 rings (SSSR count). The van der Waals surface area contributed by atoms with Crippen LogP contribution in [0.2, 0.25) is 0 Å². The van der Waals surface area contributed by atoms with Crippen LogP contribution in [0.25, 0.3) is 0 Å². The van der Waals surface area contributed by atoms with Crippen molar-refractivity contribution in [3.8, 4) is 0 Å². The maximum Gasteiger partial charge on any atom is 0.0235 e. The molecule has 0 aliphatic carbocycles. The Bertz CT molecular complexity index is 310. The van der Waals surface area contributed by atoms with Crippen molar-refractivity contribution in [2.24, 2.45) is 0 Å². The minimum Gasteiger partial charge on any atom is -0.311 e. The molecule has 0 spiro atoms. The van der Waals surface area contributed by atoms with Gasteiger partial charge in [-0.1, -0.05) is 28.1 Å². The number of hydrogen-bond acceptors (Lipinski definition) is 2. The lowest BCUT2D eigenvalue weighted by atomic mass is 10.0. The second kappa shape index (κ2) is 5.10. The van der Waals surface area contributed by atoms with E-state index < -0.39 is 0 Å². The van der Waals surface area contributed by atoms with Crippen LogP contribution in [0.3, 0.4) is 0 Å². The Morgan fingerprint density at radius 1 is 1.40 bits per heavy atom. The molecule has 1 fully saturated rings. The van der Waals surface area contributed by atoms with Crippen molar-refractivity contribution in [1.82, 2.24) is 10.2 Å². The largest absolute Gasteiger partial charge is 0.311 e. The van der Waals surface area contributed by atoms with Crippen LogP contribution in [-0.4, -0.2) is 37.6 Å². The molecule has 0 amide bonds. The zero-order chi connectivity index (χ0) is 10.7. The summed E-state index contributed by atoms with van der Waals surface area (Å²) >= 11 is 3.46. The normalized spacial score (nSPS) is 22.9. The minimum absolute atomic E-state index is 0.602. The van der Waals surface area contributed by atoms with Crippen LogP contribution in [-0.2, 0) is 6.42 Å². The monoisotopic (exact) mass is 268 g/mol. The molecular formula is C12H17BrN2. The van der Waals surface area contributed by atoms with E-state index in [-0.39, 0.29) is 0 Å². The van der Waals surface area contributed by atoms with Gasteiger partial charge in [0.2, 0.25) is 0 Å². The molecule has 0 bridgehead atoms. The van der Waals surface area contributed by atoms with E-state index in [0.29, 0.717) is 6.04 Å². The van der Waals surface area contributed by atoms with Gasteiger partial charge in [-0.25, -0.2) is 0 Å². The predicted molar refractivity (Wildman–Crippen MR) is 67.1 cm³/mol. The molecule has 82 valence electrons. The van der Waals surface area contributed by atoms with Gasteiger partial charge in [0.15, 0.2) is 0 Å². The Balaban J connectivity index is 1.93. The third-order valence-corrected chi connectivity index (χ3v) is 3.38. The van der Waals surface area contributed by atoms with E-state index in [9.17, 15) is 0 Å². The SMILES string of the molecule is CN1CCNC(Cc2ccc(Br)cc2)C1. The van der Waals surface area contributed by atoms with Gasteiger partial charge in [-0.3, -0.25) is 0 Å². The fourth-order valence-corrected chi connectivity index (χ4v) is 2.30. The topological polar surface area (TPSA) is 15.3 Å². The molecule has 1 aliphatic rings. The van der Waals surface area contributed by atoms with Gasteiger partial charge in [-0.15, -0.1) is 0 Å². The van der Waals surface area contributed by atoms with E-state index in [0.717, 1.165) is 30.5 Å². The molecule has 1 aromatic carbocycles. The fourth-order valence-electron chi connectivity index (χ4n) is 2.03. The molecule has 1 N–H and O–H groups in total. The van der Waals surface area contributed by atoms with Gasteiger partial charge in [0.05, 0.1) is 0 Å². The van der Waals surface area contributed by atoms with Crippen LogP contribution < -0.4 is 5.32 Å².